The van der Waals surface area contributed by atoms with Crippen molar-refractivity contribution in [2.45, 2.75) is 38.0 Å². The highest BCUT2D eigenvalue weighted by atomic mass is 19.4. The molecule has 3 aromatic rings. The van der Waals surface area contributed by atoms with Gasteiger partial charge in [-0.25, -0.2) is 9.80 Å². The second kappa shape index (κ2) is 10.5. The first-order chi connectivity index (χ1) is 22.5. The van der Waals surface area contributed by atoms with Crippen molar-refractivity contribution in [3.63, 3.8) is 0 Å². The van der Waals surface area contributed by atoms with E-state index in [1.54, 1.807) is 55.5 Å². The highest BCUT2D eigenvalue weighted by Crippen LogP contribution is 2.63. The molecule has 0 unspecified atom stereocenters. The molecule has 2 aliphatic carbocycles. The molecule has 7 rings (SSSR count). The molecule has 248 valence electrons. The number of carbonyl (C=O) groups excluding carboxylic acids is 4. The van der Waals surface area contributed by atoms with Gasteiger partial charge < -0.3 is 5.11 Å². The van der Waals surface area contributed by atoms with Crippen molar-refractivity contribution in [2.75, 3.05) is 9.80 Å². The van der Waals surface area contributed by atoms with Crippen LogP contribution in [0, 0.1) is 29.1 Å². The van der Waals surface area contributed by atoms with E-state index < -0.39 is 87.8 Å². The molecule has 0 spiro atoms. The summed E-state index contributed by atoms with van der Waals surface area (Å²) in [5.41, 5.74) is -4.09. The van der Waals surface area contributed by atoms with Gasteiger partial charge in [-0.2, -0.15) is 26.3 Å². The number of phenols is 1. The summed E-state index contributed by atoms with van der Waals surface area (Å²) in [4.78, 5) is 57.8. The second-order valence-electron chi connectivity index (χ2n) is 12.9. The number of rotatable bonds is 3. The van der Waals surface area contributed by atoms with Crippen molar-refractivity contribution in [1.82, 2.24) is 0 Å². The molecular formula is C35H26F6N2O5. The van der Waals surface area contributed by atoms with Gasteiger partial charge in [-0.1, -0.05) is 42.0 Å². The third-order valence-corrected chi connectivity index (χ3v) is 10.3. The molecule has 0 bridgehead atoms. The fourth-order valence-electron chi connectivity index (χ4n) is 8.21. The molecule has 6 atom stereocenters. The molecule has 1 saturated carbocycles. The molecule has 2 heterocycles. The molecule has 48 heavy (non-hydrogen) atoms. The number of allylic oxidation sites excluding steroid dienone is 2. The summed E-state index contributed by atoms with van der Waals surface area (Å²) in [5, 5.41) is 10.0. The fraction of sp³-hybridized carbons (Fsp3) is 0.314. The Morgan fingerprint density at radius 2 is 1.33 bits per heavy atom. The third kappa shape index (κ3) is 4.57. The standard InChI is InChI=1S/C35H26F6N2O5/c1-33-26(30(46)43(32(33)48)20-5-3-2-4-6-20)16-25-23(28(33)17-7-9-22(44)10-8-17)11-12-24-27(25)31(47)42(29(24)45)21-14-18(34(36,37)38)13-19(15-21)35(39,40)41/h2-11,13-15,24-28,44H,12,16H2,1H3/t24-,25+,26-,27-,28-,33+/m0/s1. The molecule has 7 nitrogen and oxygen atoms in total. The molecule has 0 radical (unpaired) electrons. The lowest BCUT2D eigenvalue weighted by Gasteiger charge is -2.49. The summed E-state index contributed by atoms with van der Waals surface area (Å²) >= 11 is 0. The normalized spacial score (nSPS) is 28.7. The van der Waals surface area contributed by atoms with Gasteiger partial charge in [-0.3, -0.25) is 19.2 Å². The highest BCUT2D eigenvalue weighted by molar-refractivity contribution is 6.25. The maximum absolute atomic E-state index is 14.3. The van der Waals surface area contributed by atoms with Gasteiger partial charge in [-0.05, 0) is 73.7 Å². The first kappa shape index (κ1) is 31.6. The summed E-state index contributed by atoms with van der Waals surface area (Å²) in [6, 6.07) is 14.9. The van der Waals surface area contributed by atoms with Gasteiger partial charge in [0, 0.05) is 5.92 Å². The Hall–Kier alpha value is -4.94. The fourth-order valence-corrected chi connectivity index (χ4v) is 8.21. The quantitative estimate of drug-likeness (QED) is 0.187. The molecule has 1 N–H and O–H groups in total. The van der Waals surface area contributed by atoms with Crippen LogP contribution in [0.2, 0.25) is 0 Å². The number of hydrogen-bond donors (Lipinski definition) is 1. The van der Waals surface area contributed by atoms with Crippen LogP contribution < -0.4 is 9.80 Å². The minimum Gasteiger partial charge on any atom is -0.508 e. The summed E-state index contributed by atoms with van der Waals surface area (Å²) < 4.78 is 82.2. The van der Waals surface area contributed by atoms with Crippen molar-refractivity contribution < 1.29 is 50.6 Å². The number of anilines is 2. The molecule has 4 amide bonds. The summed E-state index contributed by atoms with van der Waals surface area (Å²) in [7, 11) is 0. The van der Waals surface area contributed by atoms with Gasteiger partial charge in [0.15, 0.2) is 0 Å². The number of alkyl halides is 6. The van der Waals surface area contributed by atoms with Gasteiger partial charge in [0.2, 0.25) is 23.6 Å². The van der Waals surface area contributed by atoms with E-state index in [-0.39, 0.29) is 24.7 Å². The molecule has 3 aromatic carbocycles. The average Bonchev–Trinajstić information content (AvgIpc) is 3.40. The van der Waals surface area contributed by atoms with E-state index in [9.17, 15) is 50.6 Å². The molecule has 13 heteroatoms. The largest absolute Gasteiger partial charge is 0.508 e. The van der Waals surface area contributed by atoms with Crippen molar-refractivity contribution in [2.24, 2.45) is 29.1 Å². The Morgan fingerprint density at radius 1 is 0.729 bits per heavy atom. The van der Waals surface area contributed by atoms with E-state index in [0.29, 0.717) is 33.9 Å². The number of benzene rings is 3. The third-order valence-electron chi connectivity index (χ3n) is 10.3. The zero-order valence-electron chi connectivity index (χ0n) is 25.0. The number of nitrogens with zero attached hydrogens (tertiary/aromatic N) is 2. The predicted octanol–water partition coefficient (Wildman–Crippen LogP) is 6.87. The lowest BCUT2D eigenvalue weighted by molar-refractivity contribution is -0.143. The van der Waals surface area contributed by atoms with Crippen molar-refractivity contribution in [3.8, 4) is 5.75 Å². The van der Waals surface area contributed by atoms with E-state index in [1.807, 2.05) is 0 Å². The van der Waals surface area contributed by atoms with Crippen LogP contribution in [0.3, 0.4) is 0 Å². The number of aromatic hydroxyl groups is 1. The summed E-state index contributed by atoms with van der Waals surface area (Å²) in [6.07, 6.45) is -8.82. The van der Waals surface area contributed by atoms with Crippen molar-refractivity contribution >= 4 is 35.0 Å². The number of hydrogen-bond acceptors (Lipinski definition) is 5. The van der Waals surface area contributed by atoms with E-state index in [4.69, 9.17) is 0 Å². The van der Waals surface area contributed by atoms with Crippen LogP contribution in [0.4, 0.5) is 37.7 Å². The number of imide groups is 2. The SMILES string of the molecule is C[C@@]12C(=O)N(c3ccccc3)C(=O)[C@@H]1C[C@@H]1C(=CC[C@@H]3C(=O)N(c4cc(C(F)(F)F)cc(C(F)(F)F)c4)C(=O)[C@@H]31)[C@@H]2c1ccc(O)cc1. The van der Waals surface area contributed by atoms with Crippen LogP contribution in [0.5, 0.6) is 5.75 Å². The van der Waals surface area contributed by atoms with E-state index in [2.05, 4.69) is 0 Å². The smallest absolute Gasteiger partial charge is 0.416 e. The predicted molar refractivity (Wildman–Crippen MR) is 158 cm³/mol. The zero-order chi connectivity index (χ0) is 34.5. The van der Waals surface area contributed by atoms with Crippen LogP contribution in [-0.4, -0.2) is 28.7 Å². The maximum atomic E-state index is 14.3. The number of halogens is 6. The van der Waals surface area contributed by atoms with Gasteiger partial charge in [0.1, 0.15) is 5.75 Å². The van der Waals surface area contributed by atoms with Gasteiger partial charge in [-0.15, -0.1) is 0 Å². The van der Waals surface area contributed by atoms with Gasteiger partial charge in [0.05, 0.1) is 45.7 Å². The minimum absolute atomic E-state index is 0.0586. The molecule has 0 aromatic heterocycles. The Bertz CT molecular complexity index is 1870. The monoisotopic (exact) mass is 668 g/mol. The number of para-hydroxylation sites is 1. The number of carbonyl (C=O) groups is 4. The maximum Gasteiger partial charge on any atom is 0.416 e. The number of phenolic OH excluding ortho intramolecular Hbond substituents is 1. The highest BCUT2D eigenvalue weighted by Gasteiger charge is 2.67. The average molecular weight is 669 g/mol. The number of fused-ring (bicyclic) bond motifs is 4. The molecule has 3 fully saturated rings. The molecule has 2 aliphatic heterocycles. The molecular weight excluding hydrogens is 642 g/mol. The first-order valence-electron chi connectivity index (χ1n) is 15.1. The van der Waals surface area contributed by atoms with Crippen molar-refractivity contribution in [1.29, 1.82) is 0 Å². The lowest BCUT2D eigenvalue weighted by atomic mass is 9.51. The summed E-state index contributed by atoms with van der Waals surface area (Å²) in [5.74, 6) is -7.96. The van der Waals surface area contributed by atoms with Crippen LogP contribution in [0.1, 0.15) is 42.4 Å². The van der Waals surface area contributed by atoms with E-state index in [0.717, 1.165) is 4.90 Å². The van der Waals surface area contributed by atoms with Crippen LogP contribution in [-0.2, 0) is 31.5 Å². The second-order valence-corrected chi connectivity index (χ2v) is 12.9. The van der Waals surface area contributed by atoms with E-state index >= 15 is 0 Å². The Morgan fingerprint density at radius 3 is 1.92 bits per heavy atom. The van der Waals surface area contributed by atoms with Crippen LogP contribution in [0.25, 0.3) is 0 Å². The van der Waals surface area contributed by atoms with Crippen LogP contribution in [0.15, 0.2) is 84.4 Å². The topological polar surface area (TPSA) is 95.0 Å². The van der Waals surface area contributed by atoms with Crippen LogP contribution >= 0.6 is 0 Å². The number of amides is 4. The van der Waals surface area contributed by atoms with Gasteiger partial charge in [0.25, 0.3) is 0 Å². The summed E-state index contributed by atoms with van der Waals surface area (Å²) in [6.45, 7) is 1.66. The van der Waals surface area contributed by atoms with Gasteiger partial charge >= 0.3 is 12.4 Å². The Balaban J connectivity index is 1.34. The molecule has 4 aliphatic rings. The minimum atomic E-state index is -5.20. The Labute approximate surface area is 269 Å². The molecule has 2 saturated heterocycles. The lowest BCUT2D eigenvalue weighted by Crippen LogP contribution is -2.48. The Kier molecular flexibility index (Phi) is 6.94. The zero-order valence-corrected chi connectivity index (χ0v) is 25.0. The van der Waals surface area contributed by atoms with E-state index in [1.165, 1.54) is 12.1 Å². The van der Waals surface area contributed by atoms with Crippen molar-refractivity contribution in [3.05, 3.63) is 101 Å². The first-order valence-corrected chi connectivity index (χ1v) is 15.1.